The average Bonchev–Trinajstić information content (AvgIpc) is 2.51. The Kier molecular flexibility index (Phi) is 2.74. The zero-order valence-electron chi connectivity index (χ0n) is 12.2. The Labute approximate surface area is 131 Å². The summed E-state index contributed by atoms with van der Waals surface area (Å²) in [6.45, 7) is 0.467. The molecule has 6 heteroatoms. The molecule has 0 saturated heterocycles. The van der Waals surface area contributed by atoms with E-state index in [9.17, 15) is 4.79 Å². The standard InChI is InChI=1S/C16H13ClN4O/c1-20(2)12-5-9(17)8-21-13-7-18-6-11-14(13)10(3-4-19-11)16(22)15(12)21/h3-7H,8H2,1-2H3. The summed E-state index contributed by atoms with van der Waals surface area (Å²) >= 11 is 6.30. The van der Waals surface area contributed by atoms with Crippen molar-refractivity contribution in [1.82, 2.24) is 19.4 Å². The second kappa shape index (κ2) is 4.55. The highest BCUT2D eigenvalue weighted by Gasteiger charge is 2.19. The molecule has 0 bridgehead atoms. The van der Waals surface area contributed by atoms with Gasteiger partial charge in [-0.05, 0) is 12.1 Å². The van der Waals surface area contributed by atoms with Crippen molar-refractivity contribution in [3.05, 3.63) is 51.3 Å². The summed E-state index contributed by atoms with van der Waals surface area (Å²) < 4.78 is 1.93. The lowest BCUT2D eigenvalue weighted by atomic mass is 10.1. The summed E-state index contributed by atoms with van der Waals surface area (Å²) in [6, 6.07) is 1.77. The van der Waals surface area contributed by atoms with Gasteiger partial charge in [0.05, 0.1) is 35.7 Å². The quantitative estimate of drug-likeness (QED) is 0.683. The van der Waals surface area contributed by atoms with Crippen LogP contribution in [0.4, 0.5) is 0 Å². The first-order valence-electron chi connectivity index (χ1n) is 6.90. The second-order valence-corrected chi connectivity index (χ2v) is 6.03. The highest BCUT2D eigenvalue weighted by Crippen LogP contribution is 2.23. The molecule has 3 aromatic rings. The third kappa shape index (κ3) is 1.69. The molecule has 0 N–H and O–H groups in total. The summed E-state index contributed by atoms with van der Waals surface area (Å²) in [5, 5.41) is 2.84. The lowest BCUT2D eigenvalue weighted by molar-refractivity contribution is 0.578. The summed E-state index contributed by atoms with van der Waals surface area (Å²) in [7, 11) is 3.81. The Bertz CT molecular complexity index is 1060. The number of fused-ring (bicyclic) bond motifs is 2. The molecule has 4 heterocycles. The van der Waals surface area contributed by atoms with Crippen molar-refractivity contribution in [2.24, 2.45) is 0 Å². The van der Waals surface area contributed by atoms with Crippen LogP contribution in [-0.4, -0.2) is 33.5 Å². The first-order chi connectivity index (χ1) is 10.6. The van der Waals surface area contributed by atoms with Crippen molar-refractivity contribution in [3.8, 4) is 0 Å². The fourth-order valence-corrected chi connectivity index (χ4v) is 3.25. The minimum Gasteiger partial charge on any atom is -0.376 e. The van der Waals surface area contributed by atoms with Crippen LogP contribution in [0, 0.1) is 0 Å². The summed E-state index contributed by atoms with van der Waals surface area (Å²) in [5.41, 5.74) is 2.40. The van der Waals surface area contributed by atoms with Gasteiger partial charge in [0.25, 0.3) is 0 Å². The van der Waals surface area contributed by atoms with Gasteiger partial charge in [0.2, 0.25) is 5.43 Å². The monoisotopic (exact) mass is 312 g/mol. The Morgan fingerprint density at radius 3 is 2.91 bits per heavy atom. The van der Waals surface area contributed by atoms with Gasteiger partial charge in [-0.15, -0.1) is 0 Å². The number of likely N-dealkylation sites (N-methyl/N-ethyl adjacent to an activating group) is 1. The van der Waals surface area contributed by atoms with Crippen molar-refractivity contribution < 1.29 is 0 Å². The van der Waals surface area contributed by atoms with Crippen LogP contribution in [0.15, 0.2) is 40.6 Å². The molecule has 0 fully saturated rings. The number of allylic oxidation sites excluding steroid dienone is 1. The first-order valence-corrected chi connectivity index (χ1v) is 7.28. The number of nitrogens with zero attached hydrogens (tertiary/aromatic N) is 4. The predicted molar refractivity (Wildman–Crippen MR) is 87.6 cm³/mol. The molecule has 0 radical (unpaired) electrons. The van der Waals surface area contributed by atoms with Gasteiger partial charge < -0.3 is 9.47 Å². The van der Waals surface area contributed by atoms with E-state index in [0.717, 1.165) is 22.1 Å². The number of hydrogen-bond donors (Lipinski definition) is 0. The first kappa shape index (κ1) is 13.3. The third-order valence-electron chi connectivity index (χ3n) is 3.98. The molecule has 5 nitrogen and oxygen atoms in total. The van der Waals surface area contributed by atoms with Gasteiger partial charge in [0, 0.05) is 36.1 Å². The SMILES string of the molecule is CN(C)C1=c2c(=O)c3ccnc4cncc(c43)n2CC(Cl)=C1. The van der Waals surface area contributed by atoms with E-state index in [2.05, 4.69) is 9.97 Å². The van der Waals surface area contributed by atoms with E-state index >= 15 is 0 Å². The molecule has 0 aromatic carbocycles. The molecule has 4 rings (SSSR count). The fraction of sp³-hybridized carbons (Fsp3) is 0.188. The molecule has 3 aromatic heterocycles. The predicted octanol–water partition coefficient (Wildman–Crippen LogP) is 1.47. The maximum Gasteiger partial charge on any atom is 0.212 e. The largest absolute Gasteiger partial charge is 0.376 e. The average molecular weight is 313 g/mol. The van der Waals surface area contributed by atoms with Gasteiger partial charge in [0.1, 0.15) is 5.35 Å². The van der Waals surface area contributed by atoms with Crippen LogP contribution >= 0.6 is 11.6 Å². The van der Waals surface area contributed by atoms with Crippen LogP contribution in [0.25, 0.3) is 27.5 Å². The Balaban J connectivity index is 2.38. The summed E-state index contributed by atoms with van der Waals surface area (Å²) in [6.07, 6.45) is 6.95. The maximum absolute atomic E-state index is 13.0. The molecule has 0 amide bonds. The number of hydrogen-bond acceptors (Lipinski definition) is 4. The number of aromatic nitrogens is 3. The third-order valence-corrected chi connectivity index (χ3v) is 4.21. The Hall–Kier alpha value is -2.40. The lowest BCUT2D eigenvalue weighted by Gasteiger charge is -2.23. The van der Waals surface area contributed by atoms with Crippen LogP contribution in [0.5, 0.6) is 0 Å². The summed E-state index contributed by atoms with van der Waals surface area (Å²) in [4.78, 5) is 23.5. The van der Waals surface area contributed by atoms with Crippen LogP contribution in [0.2, 0.25) is 0 Å². The zero-order valence-corrected chi connectivity index (χ0v) is 12.9. The molecular weight excluding hydrogens is 300 g/mol. The van der Waals surface area contributed by atoms with Crippen molar-refractivity contribution in [1.29, 1.82) is 0 Å². The van der Waals surface area contributed by atoms with Gasteiger partial charge in [-0.1, -0.05) is 11.6 Å². The van der Waals surface area contributed by atoms with Crippen LogP contribution in [0.3, 0.4) is 0 Å². The highest BCUT2D eigenvalue weighted by molar-refractivity contribution is 6.30. The van der Waals surface area contributed by atoms with Gasteiger partial charge in [-0.2, -0.15) is 0 Å². The van der Waals surface area contributed by atoms with Crippen LogP contribution in [-0.2, 0) is 6.54 Å². The van der Waals surface area contributed by atoms with E-state index in [0.29, 0.717) is 22.3 Å². The van der Waals surface area contributed by atoms with Crippen molar-refractivity contribution >= 4 is 39.1 Å². The molecule has 110 valence electrons. The van der Waals surface area contributed by atoms with E-state index < -0.39 is 0 Å². The Morgan fingerprint density at radius 2 is 2.14 bits per heavy atom. The van der Waals surface area contributed by atoms with E-state index in [1.807, 2.05) is 29.6 Å². The number of halogens is 1. The molecule has 0 atom stereocenters. The van der Waals surface area contributed by atoms with Crippen LogP contribution in [0.1, 0.15) is 0 Å². The molecule has 0 saturated carbocycles. The van der Waals surface area contributed by atoms with Crippen molar-refractivity contribution in [2.45, 2.75) is 6.54 Å². The van der Waals surface area contributed by atoms with Crippen molar-refractivity contribution in [2.75, 3.05) is 14.1 Å². The van der Waals surface area contributed by atoms with Gasteiger partial charge >= 0.3 is 0 Å². The van der Waals surface area contributed by atoms with Crippen molar-refractivity contribution in [3.63, 3.8) is 0 Å². The second-order valence-electron chi connectivity index (χ2n) is 5.55. The smallest absolute Gasteiger partial charge is 0.212 e. The van der Waals surface area contributed by atoms with Gasteiger partial charge in [0.15, 0.2) is 0 Å². The normalized spacial score (nSPS) is 14.3. The molecule has 1 aliphatic rings. The molecule has 1 aliphatic heterocycles. The fourth-order valence-electron chi connectivity index (χ4n) is 3.03. The molecule has 0 unspecified atom stereocenters. The Morgan fingerprint density at radius 1 is 1.32 bits per heavy atom. The van der Waals surface area contributed by atoms with Crippen LogP contribution < -0.4 is 10.8 Å². The number of rotatable bonds is 1. The molecule has 0 spiro atoms. The molecule has 22 heavy (non-hydrogen) atoms. The van der Waals surface area contributed by atoms with Gasteiger partial charge in [-0.25, -0.2) is 0 Å². The van der Waals surface area contributed by atoms with E-state index in [-0.39, 0.29) is 5.43 Å². The lowest BCUT2D eigenvalue weighted by Crippen LogP contribution is -2.42. The van der Waals surface area contributed by atoms with E-state index in [1.54, 1.807) is 24.7 Å². The van der Waals surface area contributed by atoms with E-state index in [4.69, 9.17) is 11.6 Å². The maximum atomic E-state index is 13.0. The molecular formula is C16H13ClN4O. The summed E-state index contributed by atoms with van der Waals surface area (Å²) in [5.74, 6) is 0. The minimum absolute atomic E-state index is 0.00443. The minimum atomic E-state index is -0.00443. The molecule has 0 aliphatic carbocycles. The van der Waals surface area contributed by atoms with E-state index in [1.165, 1.54) is 0 Å². The highest BCUT2D eigenvalue weighted by atomic mass is 35.5. The van der Waals surface area contributed by atoms with Gasteiger partial charge in [-0.3, -0.25) is 14.8 Å². The number of pyridine rings is 3. The topological polar surface area (TPSA) is 51.0 Å². The zero-order chi connectivity index (χ0) is 15.4.